The number of amidine groups is 1. The highest BCUT2D eigenvalue weighted by Crippen LogP contribution is 1.95. The minimum atomic E-state index is 0.282. The second-order valence-corrected chi connectivity index (χ2v) is 2.40. The summed E-state index contributed by atoms with van der Waals surface area (Å²) in [6, 6.07) is 0.282. The summed E-state index contributed by atoms with van der Waals surface area (Å²) in [7, 11) is 1.69. The number of rotatable bonds is 4. The average molecular weight is 144 g/mol. The van der Waals surface area contributed by atoms with Crippen molar-refractivity contribution >= 4 is 5.84 Å². The number of nitrogens with two attached hydrogens (primary N) is 1. The second kappa shape index (κ2) is 5.23. The van der Waals surface area contributed by atoms with Gasteiger partial charge in [0.05, 0.1) is 11.9 Å². The molecule has 0 aromatic heterocycles. The van der Waals surface area contributed by atoms with Crippen LogP contribution in [0.4, 0.5) is 0 Å². The van der Waals surface area contributed by atoms with Crippen molar-refractivity contribution in [2.45, 2.75) is 26.3 Å². The summed E-state index contributed by atoms with van der Waals surface area (Å²) in [5.41, 5.74) is 5.37. The summed E-state index contributed by atoms with van der Waals surface area (Å²) in [5.74, 6) is 0.642. The quantitative estimate of drug-likeness (QED) is 0.468. The van der Waals surface area contributed by atoms with Crippen LogP contribution in [0.15, 0.2) is 4.99 Å². The van der Waals surface area contributed by atoms with Gasteiger partial charge in [0.1, 0.15) is 0 Å². The maximum absolute atomic E-state index is 5.37. The first-order chi connectivity index (χ1) is 4.66. The number of aliphatic imine (C=N–C) groups is 1. The summed E-state index contributed by atoms with van der Waals surface area (Å²) in [6.45, 7) is 4.57. The number of nitrogens with zero attached hydrogens (tertiary/aromatic N) is 1. The molecule has 0 saturated heterocycles. The second-order valence-electron chi connectivity index (χ2n) is 2.40. The summed E-state index contributed by atoms with van der Waals surface area (Å²) in [6.07, 6.45) is 0.936. The molecule has 0 aromatic carbocycles. The van der Waals surface area contributed by atoms with E-state index in [2.05, 4.69) is 4.99 Å². The molecule has 0 aliphatic rings. The molecule has 0 amide bonds. The number of ether oxygens (including phenoxy) is 1. The number of hydrogen-bond acceptors (Lipinski definition) is 2. The molecule has 1 atom stereocenters. The fraction of sp³-hybridized carbons (Fsp3) is 0.857. The predicted octanol–water partition coefficient (Wildman–Crippen LogP) is 0.788. The van der Waals surface area contributed by atoms with Gasteiger partial charge in [-0.2, -0.15) is 0 Å². The van der Waals surface area contributed by atoms with Gasteiger partial charge in [-0.1, -0.05) is 0 Å². The Balaban J connectivity index is 3.43. The van der Waals surface area contributed by atoms with Gasteiger partial charge in [0.2, 0.25) is 0 Å². The van der Waals surface area contributed by atoms with Crippen molar-refractivity contribution in [3.8, 4) is 0 Å². The molecule has 0 aliphatic carbocycles. The van der Waals surface area contributed by atoms with E-state index in [1.807, 2.05) is 6.92 Å². The first-order valence-corrected chi connectivity index (χ1v) is 3.45. The minimum Gasteiger partial charge on any atom is -0.388 e. The Morgan fingerprint density at radius 1 is 1.70 bits per heavy atom. The van der Waals surface area contributed by atoms with Crippen LogP contribution < -0.4 is 5.73 Å². The average Bonchev–Trinajstić information content (AvgIpc) is 1.82. The van der Waals surface area contributed by atoms with Gasteiger partial charge in [0.15, 0.2) is 0 Å². The van der Waals surface area contributed by atoms with Crippen LogP contribution in [0.3, 0.4) is 0 Å². The van der Waals surface area contributed by atoms with Crippen LogP contribution in [-0.2, 0) is 4.74 Å². The first-order valence-electron chi connectivity index (χ1n) is 3.45. The van der Waals surface area contributed by atoms with Crippen molar-refractivity contribution in [3.05, 3.63) is 0 Å². The lowest BCUT2D eigenvalue weighted by Crippen LogP contribution is -2.12. The van der Waals surface area contributed by atoms with Crippen LogP contribution in [0.2, 0.25) is 0 Å². The van der Waals surface area contributed by atoms with E-state index in [1.165, 1.54) is 0 Å². The van der Waals surface area contributed by atoms with Gasteiger partial charge in [0, 0.05) is 13.7 Å². The van der Waals surface area contributed by atoms with Gasteiger partial charge >= 0.3 is 0 Å². The third-order valence-corrected chi connectivity index (χ3v) is 1.16. The molecule has 3 heteroatoms. The smallest absolute Gasteiger partial charge is 0.0908 e. The summed E-state index contributed by atoms with van der Waals surface area (Å²) in [5, 5.41) is 0. The van der Waals surface area contributed by atoms with Gasteiger partial charge < -0.3 is 10.5 Å². The molecule has 0 spiro atoms. The Hall–Kier alpha value is -0.570. The topological polar surface area (TPSA) is 47.6 Å². The molecule has 0 bridgehead atoms. The van der Waals surface area contributed by atoms with Crippen molar-refractivity contribution in [2.24, 2.45) is 10.7 Å². The third-order valence-electron chi connectivity index (χ3n) is 1.16. The number of methoxy groups -OCH3 is 1. The molecule has 10 heavy (non-hydrogen) atoms. The molecule has 0 rings (SSSR count). The van der Waals surface area contributed by atoms with Crippen LogP contribution >= 0.6 is 0 Å². The van der Waals surface area contributed by atoms with Gasteiger partial charge in [0.25, 0.3) is 0 Å². The zero-order valence-corrected chi connectivity index (χ0v) is 6.92. The fourth-order valence-corrected chi connectivity index (χ4v) is 0.701. The van der Waals surface area contributed by atoms with Crippen LogP contribution in [-0.4, -0.2) is 25.6 Å². The highest BCUT2D eigenvalue weighted by atomic mass is 16.5. The SMILES string of the molecule is COCCC(C)N=C(C)N. The Morgan fingerprint density at radius 2 is 2.30 bits per heavy atom. The normalized spacial score (nSPS) is 15.3. The van der Waals surface area contributed by atoms with Crippen molar-refractivity contribution in [3.63, 3.8) is 0 Å². The van der Waals surface area contributed by atoms with Crippen molar-refractivity contribution in [1.29, 1.82) is 0 Å². The fourth-order valence-electron chi connectivity index (χ4n) is 0.701. The molecule has 0 radical (unpaired) electrons. The molecule has 0 fully saturated rings. The van der Waals surface area contributed by atoms with Gasteiger partial charge in [-0.3, -0.25) is 4.99 Å². The number of hydrogen-bond donors (Lipinski definition) is 1. The van der Waals surface area contributed by atoms with E-state index < -0.39 is 0 Å². The first kappa shape index (κ1) is 9.43. The van der Waals surface area contributed by atoms with Crippen molar-refractivity contribution < 1.29 is 4.74 Å². The molecule has 0 aliphatic heterocycles. The van der Waals surface area contributed by atoms with E-state index >= 15 is 0 Å². The Labute approximate surface area is 62.3 Å². The standard InChI is InChI=1S/C7H16N2O/c1-6(4-5-10-3)9-7(2)8/h6H,4-5H2,1-3H3,(H2,8,9). The lowest BCUT2D eigenvalue weighted by molar-refractivity contribution is 0.190. The van der Waals surface area contributed by atoms with E-state index in [0.29, 0.717) is 5.84 Å². The maximum atomic E-state index is 5.37. The summed E-state index contributed by atoms with van der Waals surface area (Å²) in [4.78, 5) is 4.13. The largest absolute Gasteiger partial charge is 0.388 e. The third kappa shape index (κ3) is 5.56. The molecule has 3 nitrogen and oxygen atoms in total. The Bertz CT molecular complexity index is 108. The van der Waals surface area contributed by atoms with E-state index in [4.69, 9.17) is 10.5 Å². The van der Waals surface area contributed by atoms with Gasteiger partial charge in [-0.25, -0.2) is 0 Å². The van der Waals surface area contributed by atoms with Crippen LogP contribution in [0.5, 0.6) is 0 Å². The highest BCUT2D eigenvalue weighted by Gasteiger charge is 1.96. The van der Waals surface area contributed by atoms with E-state index in [-0.39, 0.29) is 6.04 Å². The van der Waals surface area contributed by atoms with Crippen LogP contribution in [0.1, 0.15) is 20.3 Å². The van der Waals surface area contributed by atoms with Crippen LogP contribution in [0, 0.1) is 0 Å². The molecule has 0 heterocycles. The minimum absolute atomic E-state index is 0.282. The summed E-state index contributed by atoms with van der Waals surface area (Å²) >= 11 is 0. The molecule has 1 unspecified atom stereocenters. The Kier molecular flexibility index (Phi) is 4.94. The lowest BCUT2D eigenvalue weighted by atomic mass is 10.2. The van der Waals surface area contributed by atoms with Gasteiger partial charge in [-0.05, 0) is 20.3 Å². The van der Waals surface area contributed by atoms with E-state index in [9.17, 15) is 0 Å². The monoisotopic (exact) mass is 144 g/mol. The van der Waals surface area contributed by atoms with E-state index in [1.54, 1.807) is 14.0 Å². The predicted molar refractivity (Wildman–Crippen MR) is 43.3 cm³/mol. The zero-order chi connectivity index (χ0) is 7.98. The molecule has 2 N–H and O–H groups in total. The van der Waals surface area contributed by atoms with Gasteiger partial charge in [-0.15, -0.1) is 0 Å². The Morgan fingerprint density at radius 3 is 2.70 bits per heavy atom. The molecule has 0 saturated carbocycles. The molecular formula is C7H16N2O. The maximum Gasteiger partial charge on any atom is 0.0908 e. The van der Waals surface area contributed by atoms with E-state index in [0.717, 1.165) is 13.0 Å². The lowest BCUT2D eigenvalue weighted by Gasteiger charge is -2.04. The van der Waals surface area contributed by atoms with Crippen molar-refractivity contribution in [1.82, 2.24) is 0 Å². The zero-order valence-electron chi connectivity index (χ0n) is 6.92. The molecular weight excluding hydrogens is 128 g/mol. The van der Waals surface area contributed by atoms with Crippen LogP contribution in [0.25, 0.3) is 0 Å². The molecule has 0 aromatic rings. The summed E-state index contributed by atoms with van der Waals surface area (Å²) < 4.78 is 4.88. The van der Waals surface area contributed by atoms with Crippen molar-refractivity contribution in [2.75, 3.05) is 13.7 Å². The highest BCUT2D eigenvalue weighted by molar-refractivity contribution is 5.77. The molecule has 60 valence electrons.